The maximum Gasteiger partial charge on any atom is 0.225 e. The van der Waals surface area contributed by atoms with Crippen LogP contribution in [0.5, 0.6) is 17.4 Å². The molecule has 2 aromatic carbocycles. The molecule has 0 fully saturated rings. The first-order chi connectivity index (χ1) is 14.2. The topological polar surface area (TPSA) is 53.5 Å². The van der Waals surface area contributed by atoms with Crippen LogP contribution in [-0.2, 0) is 0 Å². The first kappa shape index (κ1) is 19.1. The highest BCUT2D eigenvalue weighted by atomic mass is 32.1. The summed E-state index contributed by atoms with van der Waals surface area (Å²) in [4.78, 5) is 9.46. The van der Waals surface area contributed by atoms with Gasteiger partial charge >= 0.3 is 0 Å². The Morgan fingerprint density at radius 3 is 2.59 bits per heavy atom. The first-order valence-corrected chi connectivity index (χ1v) is 10.0. The van der Waals surface area contributed by atoms with Gasteiger partial charge in [0.2, 0.25) is 5.88 Å². The van der Waals surface area contributed by atoms with Gasteiger partial charge in [-0.2, -0.15) is 0 Å². The third-order valence-electron chi connectivity index (χ3n) is 4.33. The predicted octanol–water partition coefficient (Wildman–Crippen LogP) is 5.35. The number of hydrogen-bond donors (Lipinski definition) is 0. The zero-order chi connectivity index (χ0) is 20.1. The monoisotopic (exact) mass is 410 g/mol. The second-order valence-electron chi connectivity index (χ2n) is 6.24. The molecule has 0 N–H and O–H groups in total. The molecule has 0 aliphatic heterocycles. The zero-order valence-corrected chi connectivity index (χ0v) is 16.6. The van der Waals surface area contributed by atoms with Crippen molar-refractivity contribution in [2.75, 3.05) is 20.3 Å². The molecule has 2 heterocycles. The highest BCUT2D eigenvalue weighted by molar-refractivity contribution is 7.17. The Balaban J connectivity index is 1.41. The van der Waals surface area contributed by atoms with Crippen LogP contribution in [0.15, 0.2) is 60.2 Å². The van der Waals surface area contributed by atoms with Gasteiger partial charge in [0, 0.05) is 23.4 Å². The third-order valence-corrected chi connectivity index (χ3v) is 5.21. The summed E-state index contributed by atoms with van der Waals surface area (Å²) in [7, 11) is 1.63. The van der Waals surface area contributed by atoms with E-state index in [1.54, 1.807) is 19.2 Å². The predicted molar refractivity (Wildman–Crippen MR) is 111 cm³/mol. The van der Waals surface area contributed by atoms with E-state index in [1.165, 1.54) is 29.8 Å². The van der Waals surface area contributed by atoms with Gasteiger partial charge in [-0.3, -0.25) is 0 Å². The minimum absolute atomic E-state index is 0.267. The lowest BCUT2D eigenvalue weighted by Gasteiger charge is -2.10. The number of thiophene rings is 1. The van der Waals surface area contributed by atoms with Crippen molar-refractivity contribution in [1.29, 1.82) is 0 Å². The first-order valence-electron chi connectivity index (χ1n) is 9.12. The van der Waals surface area contributed by atoms with E-state index in [4.69, 9.17) is 14.2 Å². The fraction of sp³-hybridized carbons (Fsp3) is 0.182. The molecule has 0 aliphatic carbocycles. The van der Waals surface area contributed by atoms with Crippen LogP contribution in [0.25, 0.3) is 21.3 Å². The van der Waals surface area contributed by atoms with Gasteiger partial charge < -0.3 is 14.2 Å². The molecular formula is C22H19FN2O3S. The van der Waals surface area contributed by atoms with Gasteiger partial charge in [-0.15, -0.1) is 11.3 Å². The molecular weight excluding hydrogens is 391 g/mol. The summed E-state index contributed by atoms with van der Waals surface area (Å²) in [6.45, 7) is 0.963. The number of hydrogen-bond acceptors (Lipinski definition) is 6. The van der Waals surface area contributed by atoms with E-state index in [-0.39, 0.29) is 5.82 Å². The van der Waals surface area contributed by atoms with E-state index < -0.39 is 0 Å². The van der Waals surface area contributed by atoms with Crippen molar-refractivity contribution in [2.24, 2.45) is 0 Å². The van der Waals surface area contributed by atoms with E-state index in [2.05, 4.69) is 9.97 Å². The van der Waals surface area contributed by atoms with E-state index in [0.717, 1.165) is 32.8 Å². The minimum atomic E-state index is -0.267. The Morgan fingerprint density at radius 1 is 0.966 bits per heavy atom. The summed E-state index contributed by atoms with van der Waals surface area (Å²) in [6.07, 6.45) is 2.19. The Kier molecular flexibility index (Phi) is 5.86. The van der Waals surface area contributed by atoms with Crippen molar-refractivity contribution in [3.63, 3.8) is 0 Å². The van der Waals surface area contributed by atoms with Crippen molar-refractivity contribution in [1.82, 2.24) is 9.97 Å². The largest absolute Gasteiger partial charge is 0.497 e. The second-order valence-corrected chi connectivity index (χ2v) is 7.10. The average Bonchev–Trinajstić information content (AvgIpc) is 3.19. The van der Waals surface area contributed by atoms with Gasteiger partial charge in [-0.25, -0.2) is 14.4 Å². The Morgan fingerprint density at radius 2 is 1.76 bits per heavy atom. The average molecular weight is 410 g/mol. The number of methoxy groups -OCH3 is 1. The van der Waals surface area contributed by atoms with Crippen LogP contribution in [0, 0.1) is 5.82 Å². The van der Waals surface area contributed by atoms with E-state index in [9.17, 15) is 4.39 Å². The van der Waals surface area contributed by atoms with Crippen molar-refractivity contribution in [2.45, 2.75) is 6.42 Å². The quantitative estimate of drug-likeness (QED) is 0.366. The maximum atomic E-state index is 13.3. The molecule has 0 spiro atoms. The van der Waals surface area contributed by atoms with Crippen LogP contribution < -0.4 is 14.2 Å². The van der Waals surface area contributed by atoms with Gasteiger partial charge in [0.1, 0.15) is 28.5 Å². The molecule has 0 saturated carbocycles. The molecule has 0 saturated heterocycles. The molecule has 29 heavy (non-hydrogen) atoms. The molecule has 4 aromatic rings. The summed E-state index contributed by atoms with van der Waals surface area (Å²) in [5.41, 5.74) is 1.84. The Labute approximate surface area is 171 Å². The number of aromatic nitrogens is 2. The number of ether oxygens (including phenoxy) is 3. The molecule has 148 valence electrons. The standard InChI is InChI=1S/C22H19FN2O3S/c1-26-17-4-2-5-18(12-17)27-10-3-11-28-21-20-19(13-29-22(20)25-14-24-21)15-6-8-16(23)9-7-15/h2,4-9,12-14H,3,10-11H2,1H3. The fourth-order valence-electron chi connectivity index (χ4n) is 2.91. The molecule has 0 radical (unpaired) electrons. The summed E-state index contributed by atoms with van der Waals surface area (Å²) >= 11 is 1.51. The fourth-order valence-corrected chi connectivity index (χ4v) is 3.81. The number of rotatable bonds is 8. The molecule has 2 aromatic heterocycles. The van der Waals surface area contributed by atoms with Crippen LogP contribution in [-0.4, -0.2) is 30.3 Å². The number of fused-ring (bicyclic) bond motifs is 1. The van der Waals surface area contributed by atoms with E-state index in [1.807, 2.05) is 29.6 Å². The molecule has 0 unspecified atom stereocenters. The number of benzene rings is 2. The minimum Gasteiger partial charge on any atom is -0.497 e. The lowest BCUT2D eigenvalue weighted by Crippen LogP contribution is -2.06. The molecule has 5 nitrogen and oxygen atoms in total. The maximum absolute atomic E-state index is 13.3. The number of nitrogens with zero attached hydrogens (tertiary/aromatic N) is 2. The zero-order valence-electron chi connectivity index (χ0n) is 15.8. The van der Waals surface area contributed by atoms with Crippen molar-refractivity contribution >= 4 is 21.6 Å². The van der Waals surface area contributed by atoms with Gasteiger partial charge in [0.05, 0.1) is 25.7 Å². The van der Waals surface area contributed by atoms with Crippen LogP contribution in [0.2, 0.25) is 0 Å². The lowest BCUT2D eigenvalue weighted by atomic mass is 10.1. The van der Waals surface area contributed by atoms with Crippen molar-refractivity contribution < 1.29 is 18.6 Å². The summed E-state index contributed by atoms with van der Waals surface area (Å²) in [6, 6.07) is 13.9. The molecule has 0 aliphatic rings. The van der Waals surface area contributed by atoms with E-state index >= 15 is 0 Å². The summed E-state index contributed by atoms with van der Waals surface area (Å²) in [5, 5.41) is 2.84. The number of halogens is 1. The normalized spacial score (nSPS) is 10.8. The van der Waals surface area contributed by atoms with Gasteiger partial charge in [-0.05, 0) is 29.8 Å². The highest BCUT2D eigenvalue weighted by Crippen LogP contribution is 2.37. The van der Waals surface area contributed by atoms with Crippen molar-refractivity contribution in [3.8, 4) is 28.5 Å². The van der Waals surface area contributed by atoms with Crippen LogP contribution in [0.4, 0.5) is 4.39 Å². The lowest BCUT2D eigenvalue weighted by molar-refractivity contribution is 0.243. The van der Waals surface area contributed by atoms with Gasteiger partial charge in [0.25, 0.3) is 0 Å². The van der Waals surface area contributed by atoms with Gasteiger partial charge in [0.15, 0.2) is 0 Å². The molecule has 0 bridgehead atoms. The van der Waals surface area contributed by atoms with Crippen LogP contribution >= 0.6 is 11.3 Å². The SMILES string of the molecule is COc1cccc(OCCCOc2ncnc3scc(-c4ccc(F)cc4)c23)c1. The Hall–Kier alpha value is -3.19. The van der Waals surface area contributed by atoms with Crippen LogP contribution in [0.3, 0.4) is 0 Å². The smallest absolute Gasteiger partial charge is 0.225 e. The Bertz CT molecular complexity index is 1100. The molecule has 4 rings (SSSR count). The van der Waals surface area contributed by atoms with E-state index in [0.29, 0.717) is 25.5 Å². The second kappa shape index (κ2) is 8.87. The van der Waals surface area contributed by atoms with Crippen molar-refractivity contribution in [3.05, 3.63) is 66.1 Å². The molecule has 7 heteroatoms. The third kappa shape index (κ3) is 4.46. The molecule has 0 atom stereocenters. The summed E-state index contributed by atoms with van der Waals surface area (Å²) in [5.74, 6) is 1.77. The summed E-state index contributed by atoms with van der Waals surface area (Å²) < 4.78 is 30.1. The van der Waals surface area contributed by atoms with Crippen LogP contribution in [0.1, 0.15) is 6.42 Å². The van der Waals surface area contributed by atoms with Gasteiger partial charge in [-0.1, -0.05) is 18.2 Å². The molecule has 0 amide bonds. The highest BCUT2D eigenvalue weighted by Gasteiger charge is 2.14.